The van der Waals surface area contributed by atoms with Crippen molar-refractivity contribution in [3.63, 3.8) is 0 Å². The first-order valence-corrected chi connectivity index (χ1v) is 8.66. The third kappa shape index (κ3) is 5.73. The molecule has 1 aliphatic heterocycles. The quantitative estimate of drug-likeness (QED) is 0.909. The van der Waals surface area contributed by atoms with Gasteiger partial charge in [0.2, 0.25) is 5.91 Å². The van der Waals surface area contributed by atoms with Gasteiger partial charge in [0.05, 0.1) is 5.92 Å². The number of aryl methyl sites for hydroxylation is 1. The van der Waals surface area contributed by atoms with Crippen LogP contribution in [0.15, 0.2) is 18.2 Å². The molecule has 0 aromatic heterocycles. The number of hydrogen-bond acceptors (Lipinski definition) is 3. The lowest BCUT2D eigenvalue weighted by atomic mass is 9.97. The molecule has 138 valence electrons. The number of carbonyl (C=O) groups is 2. The number of benzene rings is 1. The van der Waals surface area contributed by atoms with Crippen LogP contribution >= 0.6 is 0 Å². The second-order valence-corrected chi connectivity index (χ2v) is 7.57. The molecular weight excluding hydrogens is 323 g/mol. The van der Waals surface area contributed by atoms with E-state index in [0.717, 1.165) is 18.4 Å². The van der Waals surface area contributed by atoms with Gasteiger partial charge in [0, 0.05) is 19.6 Å². The lowest BCUT2D eigenvalue weighted by Crippen LogP contribution is -2.46. The molecule has 6 heteroatoms. The normalized spacial score (nSPS) is 18.0. The highest BCUT2D eigenvalue weighted by molar-refractivity contribution is 5.80. The van der Waals surface area contributed by atoms with Crippen molar-refractivity contribution in [3.8, 4) is 0 Å². The molecule has 1 saturated heterocycles. The smallest absolute Gasteiger partial charge is 0.410 e. The van der Waals surface area contributed by atoms with Crippen LogP contribution in [0, 0.1) is 18.7 Å². The Labute approximate surface area is 148 Å². The van der Waals surface area contributed by atoms with E-state index in [1.54, 1.807) is 24.0 Å². The monoisotopic (exact) mass is 350 g/mol. The highest BCUT2D eigenvalue weighted by atomic mass is 19.1. The standard InChI is InChI=1S/C19H27FN2O3/c1-13-7-8-14(10-16(13)20)11-21-17(23)15-6-5-9-22(12-15)18(24)25-19(2,3)4/h7-8,10,15H,5-6,9,11-12H2,1-4H3,(H,21,23). The summed E-state index contributed by atoms with van der Waals surface area (Å²) in [5.41, 5.74) is 0.744. The Balaban J connectivity index is 1.88. The molecule has 1 unspecified atom stereocenters. The summed E-state index contributed by atoms with van der Waals surface area (Å²) in [4.78, 5) is 26.1. The molecule has 2 amide bonds. The van der Waals surface area contributed by atoms with Gasteiger partial charge in [-0.3, -0.25) is 4.79 Å². The molecule has 5 nitrogen and oxygen atoms in total. The molecule has 1 heterocycles. The first-order valence-electron chi connectivity index (χ1n) is 8.66. The molecule has 0 spiro atoms. The Hall–Kier alpha value is -2.11. The molecule has 1 aliphatic rings. The Morgan fingerprint density at radius 1 is 1.36 bits per heavy atom. The Kier molecular flexibility index (Phi) is 6.03. The largest absolute Gasteiger partial charge is 0.444 e. The van der Waals surface area contributed by atoms with E-state index in [4.69, 9.17) is 4.74 Å². The van der Waals surface area contributed by atoms with Crippen LogP contribution in [-0.4, -0.2) is 35.6 Å². The van der Waals surface area contributed by atoms with Gasteiger partial charge in [-0.2, -0.15) is 0 Å². The predicted molar refractivity (Wildman–Crippen MR) is 93.5 cm³/mol. The highest BCUT2D eigenvalue weighted by Crippen LogP contribution is 2.20. The molecule has 25 heavy (non-hydrogen) atoms. The zero-order valence-corrected chi connectivity index (χ0v) is 15.4. The lowest BCUT2D eigenvalue weighted by Gasteiger charge is -2.33. The molecule has 1 aromatic carbocycles. The molecule has 0 bridgehead atoms. The summed E-state index contributed by atoms with van der Waals surface area (Å²) in [6, 6.07) is 4.93. The van der Waals surface area contributed by atoms with Crippen LogP contribution in [0.4, 0.5) is 9.18 Å². The number of hydrogen-bond donors (Lipinski definition) is 1. The van der Waals surface area contributed by atoms with Crippen LogP contribution in [0.25, 0.3) is 0 Å². The maximum Gasteiger partial charge on any atom is 0.410 e. The fraction of sp³-hybridized carbons (Fsp3) is 0.579. The fourth-order valence-corrected chi connectivity index (χ4v) is 2.76. The summed E-state index contributed by atoms with van der Waals surface area (Å²) in [6.07, 6.45) is 1.11. The zero-order chi connectivity index (χ0) is 18.6. The number of nitrogens with one attached hydrogen (secondary N) is 1. The number of amides is 2. The molecule has 1 fully saturated rings. The first kappa shape index (κ1) is 19.2. The van der Waals surface area contributed by atoms with Crippen LogP contribution in [0.3, 0.4) is 0 Å². The summed E-state index contributed by atoms with van der Waals surface area (Å²) in [5, 5.41) is 2.84. The Morgan fingerprint density at radius 2 is 2.08 bits per heavy atom. The summed E-state index contributed by atoms with van der Waals surface area (Å²) in [5.74, 6) is -0.661. The molecule has 1 N–H and O–H groups in total. The summed E-state index contributed by atoms with van der Waals surface area (Å²) >= 11 is 0. The molecule has 1 aromatic rings. The van der Waals surface area contributed by atoms with Gasteiger partial charge in [-0.05, 0) is 57.7 Å². The predicted octanol–water partition coefficient (Wildman–Crippen LogP) is 3.40. The van der Waals surface area contributed by atoms with Crippen LogP contribution in [0.2, 0.25) is 0 Å². The second-order valence-electron chi connectivity index (χ2n) is 7.57. The number of nitrogens with zero attached hydrogens (tertiary/aromatic N) is 1. The molecule has 0 saturated carbocycles. The number of rotatable bonds is 3. The second kappa shape index (κ2) is 7.85. The zero-order valence-electron chi connectivity index (χ0n) is 15.4. The first-order chi connectivity index (χ1) is 11.7. The highest BCUT2D eigenvalue weighted by Gasteiger charge is 2.30. The fourth-order valence-electron chi connectivity index (χ4n) is 2.76. The van der Waals surface area contributed by atoms with Gasteiger partial charge in [0.25, 0.3) is 0 Å². The maximum absolute atomic E-state index is 13.6. The number of likely N-dealkylation sites (tertiary alicyclic amines) is 1. The number of piperidine rings is 1. The molecular formula is C19H27FN2O3. The van der Waals surface area contributed by atoms with Crippen molar-refractivity contribution in [1.29, 1.82) is 0 Å². The third-order valence-corrected chi connectivity index (χ3v) is 4.15. The van der Waals surface area contributed by atoms with E-state index < -0.39 is 5.60 Å². The van der Waals surface area contributed by atoms with Gasteiger partial charge >= 0.3 is 6.09 Å². The summed E-state index contributed by atoms with van der Waals surface area (Å²) in [7, 11) is 0. The average molecular weight is 350 g/mol. The SMILES string of the molecule is Cc1ccc(CNC(=O)C2CCCN(C(=O)OC(C)(C)C)C2)cc1F. The number of halogens is 1. The van der Waals surface area contributed by atoms with E-state index in [2.05, 4.69) is 5.32 Å². The molecule has 2 rings (SSSR count). The van der Waals surface area contributed by atoms with E-state index in [1.807, 2.05) is 20.8 Å². The van der Waals surface area contributed by atoms with Gasteiger partial charge in [-0.15, -0.1) is 0 Å². The van der Waals surface area contributed by atoms with Crippen molar-refractivity contribution in [1.82, 2.24) is 10.2 Å². The summed E-state index contributed by atoms with van der Waals surface area (Å²) in [6.45, 7) is 8.38. The minimum atomic E-state index is -0.554. The van der Waals surface area contributed by atoms with E-state index in [0.29, 0.717) is 18.7 Å². The minimum absolute atomic E-state index is 0.116. The Bertz CT molecular complexity index is 640. The minimum Gasteiger partial charge on any atom is -0.444 e. The van der Waals surface area contributed by atoms with E-state index in [9.17, 15) is 14.0 Å². The Morgan fingerprint density at radius 3 is 2.72 bits per heavy atom. The average Bonchev–Trinajstić information content (AvgIpc) is 2.54. The van der Waals surface area contributed by atoms with Gasteiger partial charge in [-0.25, -0.2) is 9.18 Å². The van der Waals surface area contributed by atoms with Crippen LogP contribution in [-0.2, 0) is 16.1 Å². The van der Waals surface area contributed by atoms with Crippen molar-refractivity contribution in [2.75, 3.05) is 13.1 Å². The van der Waals surface area contributed by atoms with Crippen LogP contribution in [0.5, 0.6) is 0 Å². The van der Waals surface area contributed by atoms with E-state index in [-0.39, 0.29) is 30.3 Å². The maximum atomic E-state index is 13.6. The number of carbonyl (C=O) groups excluding carboxylic acids is 2. The molecule has 0 radical (unpaired) electrons. The van der Waals surface area contributed by atoms with E-state index >= 15 is 0 Å². The van der Waals surface area contributed by atoms with Crippen molar-refractivity contribution < 1.29 is 18.7 Å². The lowest BCUT2D eigenvalue weighted by molar-refractivity contribution is -0.126. The van der Waals surface area contributed by atoms with Gasteiger partial charge in [0.1, 0.15) is 11.4 Å². The van der Waals surface area contributed by atoms with Gasteiger partial charge < -0.3 is 15.0 Å². The van der Waals surface area contributed by atoms with E-state index in [1.165, 1.54) is 6.07 Å². The van der Waals surface area contributed by atoms with Crippen molar-refractivity contribution in [2.24, 2.45) is 5.92 Å². The van der Waals surface area contributed by atoms with Gasteiger partial charge in [-0.1, -0.05) is 12.1 Å². The molecule has 0 aliphatic carbocycles. The third-order valence-electron chi connectivity index (χ3n) is 4.15. The van der Waals surface area contributed by atoms with Gasteiger partial charge in [0.15, 0.2) is 0 Å². The molecule has 1 atom stereocenters. The topological polar surface area (TPSA) is 58.6 Å². The number of ether oxygens (including phenoxy) is 1. The summed E-state index contributed by atoms with van der Waals surface area (Å²) < 4.78 is 18.9. The van der Waals surface area contributed by atoms with Crippen LogP contribution in [0.1, 0.15) is 44.7 Å². The van der Waals surface area contributed by atoms with Crippen molar-refractivity contribution >= 4 is 12.0 Å². The van der Waals surface area contributed by atoms with Crippen molar-refractivity contribution in [2.45, 2.75) is 52.7 Å². The van der Waals surface area contributed by atoms with Crippen molar-refractivity contribution in [3.05, 3.63) is 35.1 Å². The van der Waals surface area contributed by atoms with Crippen LogP contribution < -0.4 is 5.32 Å².